The molecule has 0 bridgehead atoms. The van der Waals surface area contributed by atoms with Crippen molar-refractivity contribution in [3.8, 4) is 0 Å². The summed E-state index contributed by atoms with van der Waals surface area (Å²) in [4.78, 5) is 26.0. The highest BCUT2D eigenvalue weighted by Crippen LogP contribution is 2.20. The van der Waals surface area contributed by atoms with Crippen molar-refractivity contribution < 1.29 is 14.7 Å². The molecule has 1 fully saturated rings. The van der Waals surface area contributed by atoms with Crippen LogP contribution in [0.2, 0.25) is 0 Å². The molecule has 2 N–H and O–H groups in total. The maximum Gasteiger partial charge on any atom is 0.251 e. The molecule has 23 heavy (non-hydrogen) atoms. The number of nitrogens with zero attached hydrogens (tertiary/aromatic N) is 1. The van der Waals surface area contributed by atoms with Crippen LogP contribution in [0, 0.1) is 5.92 Å². The predicted molar refractivity (Wildman–Crippen MR) is 91.8 cm³/mol. The molecule has 6 heteroatoms. The molecule has 1 aromatic carbocycles. The Labute approximate surface area is 141 Å². The van der Waals surface area contributed by atoms with Gasteiger partial charge in [0.1, 0.15) is 18.7 Å². The molecule has 0 radical (unpaired) electrons. The Kier molecular flexibility index (Phi) is 5.85. The van der Waals surface area contributed by atoms with E-state index in [9.17, 15) is 9.59 Å². The second kappa shape index (κ2) is 7.66. The van der Waals surface area contributed by atoms with Gasteiger partial charge >= 0.3 is 0 Å². The third-order valence-electron chi connectivity index (χ3n) is 4.01. The van der Waals surface area contributed by atoms with Crippen molar-refractivity contribution in [2.75, 3.05) is 6.61 Å². The summed E-state index contributed by atoms with van der Waals surface area (Å²) in [6, 6.07) is 8.77. The smallest absolute Gasteiger partial charge is 0.251 e. The highest BCUT2D eigenvalue weighted by molar-refractivity contribution is 7.80. The van der Waals surface area contributed by atoms with E-state index in [0.29, 0.717) is 6.42 Å². The normalized spacial score (nSPS) is 19.1. The van der Waals surface area contributed by atoms with Crippen LogP contribution in [0.15, 0.2) is 30.3 Å². The first-order valence-electron chi connectivity index (χ1n) is 7.76. The third kappa shape index (κ3) is 3.95. The van der Waals surface area contributed by atoms with Crippen molar-refractivity contribution in [3.05, 3.63) is 35.9 Å². The number of aryl methyl sites for hydroxylation is 1. The number of carbonyl (C=O) groups is 2. The van der Waals surface area contributed by atoms with Crippen LogP contribution < -0.4 is 5.32 Å². The largest absolute Gasteiger partial charge is 0.388 e. The molecule has 5 nitrogen and oxygen atoms in total. The topological polar surface area (TPSA) is 69.6 Å². The van der Waals surface area contributed by atoms with E-state index >= 15 is 0 Å². The van der Waals surface area contributed by atoms with Gasteiger partial charge in [-0.3, -0.25) is 14.5 Å². The van der Waals surface area contributed by atoms with E-state index in [1.54, 1.807) is 0 Å². The highest BCUT2D eigenvalue weighted by Gasteiger charge is 2.42. The average molecular weight is 334 g/mol. The Balaban J connectivity index is 2.08. The van der Waals surface area contributed by atoms with Gasteiger partial charge in [-0.25, -0.2) is 0 Å². The van der Waals surface area contributed by atoms with Gasteiger partial charge in [0.15, 0.2) is 10.9 Å². The second-order valence-corrected chi connectivity index (χ2v) is 6.43. The maximum absolute atomic E-state index is 12.6. The van der Waals surface area contributed by atoms with E-state index in [-0.39, 0.29) is 22.7 Å². The third-order valence-corrected chi connectivity index (χ3v) is 4.33. The number of hydrogen-bond acceptors (Lipinski definition) is 4. The number of carbonyl (C=O) groups excluding carboxylic acids is 2. The number of Topliss-reactive ketones (excluding diaryl/α,β-unsaturated/α-hetero) is 1. The summed E-state index contributed by atoms with van der Waals surface area (Å²) in [7, 11) is 0. The summed E-state index contributed by atoms with van der Waals surface area (Å²) >= 11 is 5.25. The Morgan fingerprint density at radius 2 is 2.00 bits per heavy atom. The zero-order chi connectivity index (χ0) is 17.0. The van der Waals surface area contributed by atoms with Crippen molar-refractivity contribution in [1.82, 2.24) is 10.2 Å². The standard InChI is InChI=1S/C17H22N2O3S/c1-11(2)15(14(21)10-20)19-16(22)13(18-17(19)23)9-8-12-6-4-3-5-7-12/h3-7,11,13,15,20H,8-10H2,1-2H3,(H,18,23)/t13-,15?/m0/s1. The molecule has 1 aromatic rings. The first-order valence-corrected chi connectivity index (χ1v) is 8.17. The van der Waals surface area contributed by atoms with Gasteiger partial charge in [0, 0.05) is 0 Å². The molecule has 0 aliphatic carbocycles. The molecule has 1 amide bonds. The van der Waals surface area contributed by atoms with Gasteiger partial charge in [0.2, 0.25) is 0 Å². The lowest BCUT2D eigenvalue weighted by Crippen LogP contribution is -2.49. The summed E-state index contributed by atoms with van der Waals surface area (Å²) < 4.78 is 0. The van der Waals surface area contributed by atoms with E-state index < -0.39 is 18.7 Å². The minimum atomic E-state index is -0.714. The Morgan fingerprint density at radius 3 is 2.57 bits per heavy atom. The molecule has 1 aliphatic heterocycles. The van der Waals surface area contributed by atoms with Crippen LogP contribution in [-0.4, -0.2) is 45.5 Å². The van der Waals surface area contributed by atoms with Crippen LogP contribution in [0.3, 0.4) is 0 Å². The first kappa shape index (κ1) is 17.6. The summed E-state index contributed by atoms with van der Waals surface area (Å²) in [6.07, 6.45) is 1.36. The van der Waals surface area contributed by atoms with E-state index in [4.69, 9.17) is 17.3 Å². The highest BCUT2D eigenvalue weighted by atomic mass is 32.1. The summed E-state index contributed by atoms with van der Waals surface area (Å²) in [5.74, 6) is -0.695. The number of thiocarbonyl (C=S) groups is 1. The molecule has 1 heterocycles. The fourth-order valence-corrected chi connectivity index (χ4v) is 3.22. The molecule has 1 saturated heterocycles. The lowest BCUT2D eigenvalue weighted by atomic mass is 9.98. The number of ketones is 1. The molecule has 0 aromatic heterocycles. The molecular formula is C17H22N2O3S. The van der Waals surface area contributed by atoms with Crippen molar-refractivity contribution in [2.24, 2.45) is 5.92 Å². The van der Waals surface area contributed by atoms with Crippen molar-refractivity contribution >= 4 is 29.0 Å². The predicted octanol–water partition coefficient (Wildman–Crippen LogP) is 1.29. The van der Waals surface area contributed by atoms with Crippen LogP contribution in [-0.2, 0) is 16.0 Å². The van der Waals surface area contributed by atoms with Crippen LogP contribution >= 0.6 is 12.2 Å². The lowest BCUT2D eigenvalue weighted by Gasteiger charge is -2.28. The van der Waals surface area contributed by atoms with Gasteiger partial charge in [-0.1, -0.05) is 44.2 Å². The van der Waals surface area contributed by atoms with E-state index in [2.05, 4.69) is 5.32 Å². The number of hydrogen-bond donors (Lipinski definition) is 2. The number of amides is 1. The SMILES string of the molecule is CC(C)C(C(=O)CO)N1C(=O)[C@H](CCc2ccccc2)NC1=S. The molecule has 124 valence electrons. The number of aliphatic hydroxyl groups excluding tert-OH is 1. The van der Waals surface area contributed by atoms with E-state index in [0.717, 1.165) is 12.0 Å². The molecule has 0 spiro atoms. The average Bonchev–Trinajstić information content (AvgIpc) is 2.81. The first-order chi connectivity index (χ1) is 11.0. The second-order valence-electron chi connectivity index (χ2n) is 6.05. The maximum atomic E-state index is 12.6. The van der Waals surface area contributed by atoms with Crippen LogP contribution in [0.5, 0.6) is 0 Å². The van der Waals surface area contributed by atoms with Gasteiger partial charge in [0.25, 0.3) is 5.91 Å². The van der Waals surface area contributed by atoms with Gasteiger partial charge in [-0.15, -0.1) is 0 Å². The minimum absolute atomic E-state index is 0.119. The van der Waals surface area contributed by atoms with Gasteiger partial charge in [0.05, 0.1) is 0 Å². The van der Waals surface area contributed by atoms with E-state index in [1.165, 1.54) is 4.90 Å². The minimum Gasteiger partial charge on any atom is -0.388 e. The zero-order valence-electron chi connectivity index (χ0n) is 13.4. The fourth-order valence-electron chi connectivity index (χ4n) is 2.87. The molecule has 1 unspecified atom stereocenters. The van der Waals surface area contributed by atoms with Crippen LogP contribution in [0.1, 0.15) is 25.8 Å². The molecule has 2 atom stereocenters. The summed E-state index contributed by atoms with van der Waals surface area (Å²) in [6.45, 7) is 3.08. The van der Waals surface area contributed by atoms with Gasteiger partial charge in [-0.2, -0.15) is 0 Å². The number of benzene rings is 1. The Bertz CT molecular complexity index is 589. The van der Waals surface area contributed by atoms with Crippen molar-refractivity contribution in [2.45, 2.75) is 38.8 Å². The van der Waals surface area contributed by atoms with Crippen molar-refractivity contribution in [3.63, 3.8) is 0 Å². The quantitative estimate of drug-likeness (QED) is 0.736. The summed E-state index contributed by atoms with van der Waals surface area (Å²) in [5.41, 5.74) is 1.15. The fraction of sp³-hybridized carbons (Fsp3) is 0.471. The lowest BCUT2D eigenvalue weighted by molar-refractivity contribution is -0.137. The van der Waals surface area contributed by atoms with Crippen molar-refractivity contribution in [1.29, 1.82) is 0 Å². The molecule has 2 rings (SSSR count). The van der Waals surface area contributed by atoms with Gasteiger partial charge in [-0.05, 0) is 36.5 Å². The molecular weight excluding hydrogens is 312 g/mol. The number of rotatable bonds is 7. The van der Waals surface area contributed by atoms with Crippen LogP contribution in [0.4, 0.5) is 0 Å². The Morgan fingerprint density at radius 1 is 1.35 bits per heavy atom. The molecule has 1 aliphatic rings. The monoisotopic (exact) mass is 334 g/mol. The molecule has 0 saturated carbocycles. The number of aliphatic hydroxyl groups is 1. The van der Waals surface area contributed by atoms with Crippen LogP contribution in [0.25, 0.3) is 0 Å². The summed E-state index contributed by atoms with van der Waals surface area (Å²) in [5, 5.41) is 12.4. The Hall–Kier alpha value is -1.79. The van der Waals surface area contributed by atoms with Gasteiger partial charge < -0.3 is 10.4 Å². The number of nitrogens with one attached hydrogen (secondary N) is 1. The van der Waals surface area contributed by atoms with E-state index in [1.807, 2.05) is 44.2 Å². The zero-order valence-corrected chi connectivity index (χ0v) is 14.2.